The number of fused-ring (bicyclic) bond motifs is 1. The number of hydrogen-bond donors (Lipinski definition) is 1. The van der Waals surface area contributed by atoms with Gasteiger partial charge in [0.2, 0.25) is 0 Å². The number of nitrogens with two attached hydrogens (primary N) is 1. The number of pyridine rings is 1. The van der Waals surface area contributed by atoms with Gasteiger partial charge in [-0.1, -0.05) is 25.4 Å². The first-order chi connectivity index (χ1) is 7.61. The van der Waals surface area contributed by atoms with Gasteiger partial charge in [0.1, 0.15) is 5.82 Å². The lowest BCUT2D eigenvalue weighted by Crippen LogP contribution is -2.01. The van der Waals surface area contributed by atoms with Crippen LogP contribution in [0.25, 0.3) is 5.52 Å². The predicted molar refractivity (Wildman–Crippen MR) is 66.6 cm³/mol. The Labute approximate surface area is 100 Å². The van der Waals surface area contributed by atoms with Gasteiger partial charge in [0.25, 0.3) is 0 Å². The van der Waals surface area contributed by atoms with Crippen molar-refractivity contribution < 1.29 is 0 Å². The highest BCUT2D eigenvalue weighted by molar-refractivity contribution is 6.32. The SMILES string of the molecule is CC(C)Cc1nc(Cl)c2cc(CN)ccn12. The average molecular weight is 238 g/mol. The minimum absolute atomic E-state index is 0.525. The number of halogens is 1. The third kappa shape index (κ3) is 2.06. The Balaban J connectivity index is 2.53. The summed E-state index contributed by atoms with van der Waals surface area (Å²) in [6, 6.07) is 4.01. The first-order valence-electron chi connectivity index (χ1n) is 5.47. The van der Waals surface area contributed by atoms with Gasteiger partial charge in [-0.05, 0) is 23.6 Å². The van der Waals surface area contributed by atoms with E-state index in [1.165, 1.54) is 0 Å². The summed E-state index contributed by atoms with van der Waals surface area (Å²) in [6.07, 6.45) is 2.92. The monoisotopic (exact) mass is 237 g/mol. The van der Waals surface area contributed by atoms with Crippen molar-refractivity contribution in [2.24, 2.45) is 11.7 Å². The molecule has 0 radical (unpaired) electrons. The van der Waals surface area contributed by atoms with E-state index in [-0.39, 0.29) is 0 Å². The lowest BCUT2D eigenvalue weighted by atomic mass is 10.1. The van der Waals surface area contributed by atoms with E-state index in [1.54, 1.807) is 0 Å². The van der Waals surface area contributed by atoms with Gasteiger partial charge in [-0.25, -0.2) is 4.98 Å². The van der Waals surface area contributed by atoms with Gasteiger partial charge in [0.05, 0.1) is 5.52 Å². The fraction of sp³-hybridized carbons (Fsp3) is 0.417. The normalized spacial score (nSPS) is 11.6. The number of hydrogen-bond acceptors (Lipinski definition) is 2. The molecule has 0 aliphatic rings. The maximum absolute atomic E-state index is 6.12. The van der Waals surface area contributed by atoms with Gasteiger partial charge in [-0.3, -0.25) is 0 Å². The van der Waals surface area contributed by atoms with Crippen LogP contribution in [0.4, 0.5) is 0 Å². The Kier molecular flexibility index (Phi) is 3.17. The Hall–Kier alpha value is -1.06. The fourth-order valence-electron chi connectivity index (χ4n) is 1.79. The van der Waals surface area contributed by atoms with Crippen molar-refractivity contribution >= 4 is 17.1 Å². The largest absolute Gasteiger partial charge is 0.326 e. The van der Waals surface area contributed by atoms with E-state index in [0.29, 0.717) is 17.6 Å². The summed E-state index contributed by atoms with van der Waals surface area (Å²) < 4.78 is 2.04. The first-order valence-corrected chi connectivity index (χ1v) is 5.85. The lowest BCUT2D eigenvalue weighted by molar-refractivity contribution is 0.619. The molecule has 0 aromatic carbocycles. The second kappa shape index (κ2) is 4.44. The molecule has 0 saturated heterocycles. The van der Waals surface area contributed by atoms with E-state index in [0.717, 1.165) is 23.3 Å². The molecule has 0 fully saturated rings. The van der Waals surface area contributed by atoms with Crippen LogP contribution in [-0.4, -0.2) is 9.38 Å². The summed E-state index contributed by atoms with van der Waals surface area (Å²) in [7, 11) is 0. The zero-order valence-corrected chi connectivity index (χ0v) is 10.3. The molecular weight excluding hydrogens is 222 g/mol. The molecular formula is C12H16ClN3. The van der Waals surface area contributed by atoms with Gasteiger partial charge in [-0.2, -0.15) is 0 Å². The summed E-state index contributed by atoms with van der Waals surface area (Å²) in [5.74, 6) is 1.58. The van der Waals surface area contributed by atoms with Gasteiger partial charge in [0, 0.05) is 19.2 Å². The second-order valence-corrected chi connectivity index (χ2v) is 4.77. The van der Waals surface area contributed by atoms with Crippen molar-refractivity contribution in [2.75, 3.05) is 0 Å². The van der Waals surface area contributed by atoms with Crippen LogP contribution in [0, 0.1) is 5.92 Å². The van der Waals surface area contributed by atoms with Crippen LogP contribution in [0.1, 0.15) is 25.2 Å². The lowest BCUT2D eigenvalue weighted by Gasteiger charge is -2.04. The molecule has 0 aliphatic carbocycles. The average Bonchev–Trinajstić information content (AvgIpc) is 2.54. The molecule has 0 bridgehead atoms. The van der Waals surface area contributed by atoms with E-state index in [9.17, 15) is 0 Å². The van der Waals surface area contributed by atoms with Crippen LogP contribution in [0.2, 0.25) is 5.15 Å². The second-order valence-electron chi connectivity index (χ2n) is 4.41. The van der Waals surface area contributed by atoms with Gasteiger partial charge < -0.3 is 10.1 Å². The highest BCUT2D eigenvalue weighted by Crippen LogP contribution is 2.21. The van der Waals surface area contributed by atoms with Crippen molar-refractivity contribution in [1.29, 1.82) is 0 Å². The summed E-state index contributed by atoms with van der Waals surface area (Å²) in [4.78, 5) is 4.39. The fourth-order valence-corrected chi connectivity index (χ4v) is 2.03. The third-order valence-electron chi connectivity index (χ3n) is 2.56. The maximum Gasteiger partial charge on any atom is 0.155 e. The van der Waals surface area contributed by atoms with E-state index in [2.05, 4.69) is 18.8 Å². The molecule has 0 aliphatic heterocycles. The van der Waals surface area contributed by atoms with Gasteiger partial charge in [-0.15, -0.1) is 0 Å². The highest BCUT2D eigenvalue weighted by Gasteiger charge is 2.10. The minimum atomic E-state index is 0.525. The van der Waals surface area contributed by atoms with Gasteiger partial charge in [0.15, 0.2) is 5.15 Å². The molecule has 0 spiro atoms. The zero-order valence-electron chi connectivity index (χ0n) is 9.57. The Bertz CT molecular complexity index is 502. The number of nitrogens with zero attached hydrogens (tertiary/aromatic N) is 2. The summed E-state index contributed by atoms with van der Waals surface area (Å²) in [6.45, 7) is 4.87. The van der Waals surface area contributed by atoms with E-state index in [1.807, 2.05) is 22.7 Å². The molecule has 2 rings (SSSR count). The molecule has 0 atom stereocenters. The zero-order chi connectivity index (χ0) is 11.7. The summed E-state index contributed by atoms with van der Waals surface area (Å²) in [5.41, 5.74) is 7.62. The molecule has 3 nitrogen and oxygen atoms in total. The molecule has 4 heteroatoms. The highest BCUT2D eigenvalue weighted by atomic mass is 35.5. The topological polar surface area (TPSA) is 43.3 Å². The predicted octanol–water partition coefficient (Wildman–Crippen LogP) is 2.64. The molecule has 2 aromatic heterocycles. The first kappa shape index (κ1) is 11.4. The van der Waals surface area contributed by atoms with Crippen LogP contribution in [0.5, 0.6) is 0 Å². The molecule has 2 heterocycles. The molecule has 86 valence electrons. The number of imidazole rings is 1. The molecule has 0 saturated carbocycles. The number of aromatic nitrogens is 2. The van der Waals surface area contributed by atoms with E-state index >= 15 is 0 Å². The van der Waals surface area contributed by atoms with E-state index in [4.69, 9.17) is 17.3 Å². The van der Waals surface area contributed by atoms with Crippen LogP contribution >= 0.6 is 11.6 Å². The molecule has 0 unspecified atom stereocenters. The smallest absolute Gasteiger partial charge is 0.155 e. The van der Waals surface area contributed by atoms with Crippen LogP contribution in [0.3, 0.4) is 0 Å². The van der Waals surface area contributed by atoms with Crippen LogP contribution in [-0.2, 0) is 13.0 Å². The molecule has 16 heavy (non-hydrogen) atoms. The maximum atomic E-state index is 6.12. The van der Waals surface area contributed by atoms with Crippen molar-refractivity contribution in [3.63, 3.8) is 0 Å². The van der Waals surface area contributed by atoms with Crippen LogP contribution in [0.15, 0.2) is 18.3 Å². The van der Waals surface area contributed by atoms with E-state index < -0.39 is 0 Å². The van der Waals surface area contributed by atoms with Crippen LogP contribution < -0.4 is 5.73 Å². The molecule has 2 N–H and O–H groups in total. The summed E-state index contributed by atoms with van der Waals surface area (Å²) >= 11 is 6.12. The Morgan fingerprint density at radius 1 is 1.50 bits per heavy atom. The van der Waals surface area contributed by atoms with Crippen molar-refractivity contribution in [3.05, 3.63) is 34.9 Å². The van der Waals surface area contributed by atoms with Gasteiger partial charge >= 0.3 is 0 Å². The number of rotatable bonds is 3. The summed E-state index contributed by atoms with van der Waals surface area (Å²) in [5, 5.41) is 0.561. The molecule has 0 amide bonds. The van der Waals surface area contributed by atoms with Crippen molar-refractivity contribution in [2.45, 2.75) is 26.8 Å². The Morgan fingerprint density at radius 2 is 2.25 bits per heavy atom. The van der Waals surface area contributed by atoms with Crippen molar-refractivity contribution in [3.8, 4) is 0 Å². The Morgan fingerprint density at radius 3 is 2.88 bits per heavy atom. The standard InChI is InChI=1S/C12H16ClN3/c1-8(2)5-11-15-12(13)10-6-9(7-14)3-4-16(10)11/h3-4,6,8H,5,7,14H2,1-2H3. The molecule has 2 aromatic rings. The third-order valence-corrected chi connectivity index (χ3v) is 2.84. The minimum Gasteiger partial charge on any atom is -0.326 e. The van der Waals surface area contributed by atoms with Crippen molar-refractivity contribution in [1.82, 2.24) is 9.38 Å². The quantitative estimate of drug-likeness (QED) is 0.892.